The van der Waals surface area contributed by atoms with Gasteiger partial charge in [-0.3, -0.25) is 14.4 Å². The fourth-order valence-electron chi connectivity index (χ4n) is 6.30. The van der Waals surface area contributed by atoms with Gasteiger partial charge < -0.3 is 44.2 Å². The lowest BCUT2D eigenvalue weighted by molar-refractivity contribution is -0.248. The minimum absolute atomic E-state index is 0.0457. The van der Waals surface area contributed by atoms with E-state index in [1.54, 1.807) is 13.0 Å². The molecular formula is C37H40N2O12. The van der Waals surface area contributed by atoms with Gasteiger partial charge in [0.1, 0.15) is 18.5 Å². The third kappa shape index (κ3) is 8.83. The van der Waals surface area contributed by atoms with E-state index in [1.165, 1.54) is 13.0 Å². The number of ether oxygens (including phenoxy) is 6. The number of methoxy groups -OCH3 is 1. The molecular weight excluding hydrogens is 664 g/mol. The standard InChI is InChI=1S/C37H40N2O12/c1-20-15-23(18-40)16-29(33(20)50-36-31(49-22(3)42)17-30(48-21(2)41)34(51-36)35(44)46-4)39-32(43)13-14-38-37(45)47-19-28-26-11-7-5-9-24(26)25-10-6-8-12-27(25)28/h5-12,15-16,28,30-31,34,36,40H,13-14,17-19H2,1-4H3,(H,38,45)(H,39,43). The average molecular weight is 705 g/mol. The van der Waals surface area contributed by atoms with Gasteiger partial charge in [0.05, 0.1) is 19.4 Å². The number of anilines is 1. The first-order chi connectivity index (χ1) is 24.5. The van der Waals surface area contributed by atoms with E-state index in [0.717, 1.165) is 36.3 Å². The SMILES string of the molecule is COC(=O)C1OC(Oc2c(C)cc(CO)cc2NC(=O)CCNC(=O)OCC2c3ccccc3-c3ccccc32)C(OC(C)=O)CC1OC(C)=O. The molecule has 14 nitrogen and oxygen atoms in total. The minimum Gasteiger partial charge on any atom is -0.467 e. The molecule has 51 heavy (non-hydrogen) atoms. The number of esters is 3. The summed E-state index contributed by atoms with van der Waals surface area (Å²) in [6.45, 7) is 3.72. The highest BCUT2D eigenvalue weighted by Gasteiger charge is 2.47. The number of amides is 2. The molecule has 1 heterocycles. The molecule has 0 aromatic heterocycles. The van der Waals surface area contributed by atoms with Gasteiger partial charge in [0, 0.05) is 39.2 Å². The summed E-state index contributed by atoms with van der Waals surface area (Å²) in [5, 5.41) is 15.2. The number of hydrogen-bond acceptors (Lipinski definition) is 12. The highest BCUT2D eigenvalue weighted by molar-refractivity contribution is 5.93. The van der Waals surface area contributed by atoms with Gasteiger partial charge in [-0.1, -0.05) is 48.5 Å². The second-order valence-electron chi connectivity index (χ2n) is 12.1. The molecule has 2 amide bonds. The highest BCUT2D eigenvalue weighted by atomic mass is 16.7. The molecule has 3 aromatic rings. The molecule has 4 atom stereocenters. The molecule has 0 radical (unpaired) electrons. The Morgan fingerprint density at radius 1 is 0.902 bits per heavy atom. The summed E-state index contributed by atoms with van der Waals surface area (Å²) >= 11 is 0. The van der Waals surface area contributed by atoms with Crippen molar-refractivity contribution in [1.29, 1.82) is 0 Å². The Balaban J connectivity index is 1.23. The summed E-state index contributed by atoms with van der Waals surface area (Å²) < 4.78 is 33.0. The zero-order valence-corrected chi connectivity index (χ0v) is 28.6. The van der Waals surface area contributed by atoms with Crippen molar-refractivity contribution in [2.45, 2.75) is 70.7 Å². The number of benzene rings is 3. The number of aliphatic hydroxyl groups is 1. The largest absolute Gasteiger partial charge is 0.467 e. The first kappa shape index (κ1) is 36.8. The van der Waals surface area contributed by atoms with Crippen LogP contribution in [0, 0.1) is 6.92 Å². The quantitative estimate of drug-likeness (QED) is 0.183. The van der Waals surface area contributed by atoms with Crippen LogP contribution in [0.15, 0.2) is 60.7 Å². The predicted octanol–water partition coefficient (Wildman–Crippen LogP) is 3.88. The smallest absolute Gasteiger partial charge is 0.407 e. The lowest BCUT2D eigenvalue weighted by Crippen LogP contribution is -2.55. The van der Waals surface area contributed by atoms with Gasteiger partial charge in [-0.25, -0.2) is 9.59 Å². The monoisotopic (exact) mass is 704 g/mol. The van der Waals surface area contributed by atoms with Crippen molar-refractivity contribution in [2.24, 2.45) is 0 Å². The highest BCUT2D eigenvalue weighted by Crippen LogP contribution is 2.44. The Morgan fingerprint density at radius 3 is 2.14 bits per heavy atom. The van der Waals surface area contributed by atoms with Crippen LogP contribution in [0.25, 0.3) is 11.1 Å². The van der Waals surface area contributed by atoms with E-state index >= 15 is 0 Å². The third-order valence-electron chi connectivity index (χ3n) is 8.44. The van der Waals surface area contributed by atoms with Gasteiger partial charge in [0.25, 0.3) is 0 Å². The number of carbonyl (C=O) groups excluding carboxylic acids is 5. The van der Waals surface area contributed by atoms with Crippen LogP contribution in [0.5, 0.6) is 5.75 Å². The molecule has 2 aliphatic rings. The van der Waals surface area contributed by atoms with E-state index in [0.29, 0.717) is 11.1 Å². The molecule has 3 N–H and O–H groups in total. The molecule has 1 fully saturated rings. The fraction of sp³-hybridized carbons (Fsp3) is 0.378. The zero-order valence-electron chi connectivity index (χ0n) is 28.6. The van der Waals surface area contributed by atoms with Crippen LogP contribution >= 0.6 is 0 Å². The number of aliphatic hydroxyl groups excluding tert-OH is 1. The van der Waals surface area contributed by atoms with E-state index in [9.17, 15) is 29.1 Å². The second kappa shape index (κ2) is 16.5. The van der Waals surface area contributed by atoms with Crippen molar-refractivity contribution in [3.05, 3.63) is 82.9 Å². The Bertz CT molecular complexity index is 1750. The summed E-state index contributed by atoms with van der Waals surface area (Å²) in [7, 11) is 1.14. The lowest BCUT2D eigenvalue weighted by Gasteiger charge is -2.39. The van der Waals surface area contributed by atoms with Gasteiger partial charge in [-0.05, 0) is 52.4 Å². The van der Waals surface area contributed by atoms with E-state index in [4.69, 9.17) is 28.4 Å². The topological polar surface area (TPSA) is 185 Å². The molecule has 1 saturated heterocycles. The van der Waals surface area contributed by atoms with Crippen LogP contribution < -0.4 is 15.4 Å². The summed E-state index contributed by atoms with van der Waals surface area (Å²) in [4.78, 5) is 62.0. The van der Waals surface area contributed by atoms with Gasteiger partial charge >= 0.3 is 24.0 Å². The maximum atomic E-state index is 13.1. The number of fused-ring (bicyclic) bond motifs is 3. The van der Waals surface area contributed by atoms with Crippen LogP contribution in [0.1, 0.15) is 54.9 Å². The number of aryl methyl sites for hydroxylation is 1. The van der Waals surface area contributed by atoms with Crippen LogP contribution in [-0.2, 0) is 49.5 Å². The van der Waals surface area contributed by atoms with Gasteiger partial charge in [0.15, 0.2) is 12.2 Å². The number of alkyl carbamates (subject to hydrolysis) is 1. The zero-order chi connectivity index (χ0) is 36.7. The van der Waals surface area contributed by atoms with E-state index in [2.05, 4.69) is 10.6 Å². The molecule has 5 rings (SSSR count). The summed E-state index contributed by atoms with van der Waals surface area (Å²) in [5.41, 5.74) is 5.43. The summed E-state index contributed by atoms with van der Waals surface area (Å²) in [6, 6.07) is 19.1. The van der Waals surface area contributed by atoms with Crippen molar-refractivity contribution in [3.8, 4) is 16.9 Å². The lowest BCUT2D eigenvalue weighted by atomic mass is 9.98. The van der Waals surface area contributed by atoms with Crippen LogP contribution in [0.4, 0.5) is 10.5 Å². The van der Waals surface area contributed by atoms with Crippen molar-refractivity contribution in [1.82, 2.24) is 5.32 Å². The van der Waals surface area contributed by atoms with E-state index < -0.39 is 54.5 Å². The fourth-order valence-corrected chi connectivity index (χ4v) is 6.30. The van der Waals surface area contributed by atoms with Crippen LogP contribution in [-0.4, -0.2) is 79.9 Å². The molecule has 14 heteroatoms. The van der Waals surface area contributed by atoms with E-state index in [1.807, 2.05) is 48.5 Å². The molecule has 4 unspecified atom stereocenters. The number of carbonyl (C=O) groups is 5. The molecule has 0 spiro atoms. The Labute approximate surface area is 294 Å². The molecule has 3 aromatic carbocycles. The summed E-state index contributed by atoms with van der Waals surface area (Å²) in [6.07, 6.45) is -6.04. The first-order valence-corrected chi connectivity index (χ1v) is 16.4. The molecule has 1 aliphatic carbocycles. The average Bonchev–Trinajstić information content (AvgIpc) is 3.42. The predicted molar refractivity (Wildman–Crippen MR) is 180 cm³/mol. The number of nitrogens with one attached hydrogen (secondary N) is 2. The summed E-state index contributed by atoms with van der Waals surface area (Å²) in [5.74, 6) is -2.73. The second-order valence-corrected chi connectivity index (χ2v) is 12.1. The molecule has 0 bridgehead atoms. The Hall–Kier alpha value is -5.47. The van der Waals surface area contributed by atoms with E-state index in [-0.39, 0.29) is 50.0 Å². The van der Waals surface area contributed by atoms with Crippen molar-refractivity contribution >= 4 is 35.6 Å². The number of rotatable bonds is 12. The van der Waals surface area contributed by atoms with Crippen molar-refractivity contribution in [3.63, 3.8) is 0 Å². The number of hydrogen-bond donors (Lipinski definition) is 3. The Morgan fingerprint density at radius 2 is 1.53 bits per heavy atom. The van der Waals surface area contributed by atoms with Gasteiger partial charge in [-0.2, -0.15) is 0 Å². The third-order valence-corrected chi connectivity index (χ3v) is 8.44. The van der Waals surface area contributed by atoms with Gasteiger partial charge in [-0.15, -0.1) is 0 Å². The van der Waals surface area contributed by atoms with Crippen molar-refractivity contribution < 1.29 is 57.5 Å². The first-order valence-electron chi connectivity index (χ1n) is 16.4. The molecule has 1 aliphatic heterocycles. The molecule has 270 valence electrons. The maximum Gasteiger partial charge on any atom is 0.407 e. The maximum absolute atomic E-state index is 13.1. The normalized spacial score (nSPS) is 19.2. The minimum atomic E-state index is -1.41. The Kier molecular flexibility index (Phi) is 11.9. The molecule has 0 saturated carbocycles. The van der Waals surface area contributed by atoms with Crippen molar-refractivity contribution in [2.75, 3.05) is 25.6 Å². The van der Waals surface area contributed by atoms with Crippen LogP contribution in [0.3, 0.4) is 0 Å². The van der Waals surface area contributed by atoms with Crippen LogP contribution in [0.2, 0.25) is 0 Å². The van der Waals surface area contributed by atoms with Gasteiger partial charge in [0.2, 0.25) is 12.2 Å².